The van der Waals surface area contributed by atoms with E-state index in [1.807, 2.05) is 18.2 Å². The molecule has 21 heavy (non-hydrogen) atoms. The number of hydrogen-bond donors (Lipinski definition) is 1. The molecule has 1 N–H and O–H groups in total. The van der Waals surface area contributed by atoms with Gasteiger partial charge in [-0.3, -0.25) is 0 Å². The van der Waals surface area contributed by atoms with Gasteiger partial charge in [-0.1, -0.05) is 42.8 Å². The standard InChI is InChI=1S/C18H22ClNO/c1-5-20-18(14-7-6-12(2)13(3)10-14)16-9-8-15(19)11-17(16)21-4/h6-11,18,20H,5H2,1-4H3. The van der Waals surface area contributed by atoms with Crippen molar-refractivity contribution in [2.24, 2.45) is 0 Å². The average molecular weight is 304 g/mol. The number of halogens is 1. The zero-order chi connectivity index (χ0) is 15.4. The Kier molecular flexibility index (Phi) is 5.27. The number of methoxy groups -OCH3 is 1. The second kappa shape index (κ2) is 6.97. The number of aryl methyl sites for hydroxylation is 2. The van der Waals surface area contributed by atoms with Crippen LogP contribution in [-0.2, 0) is 0 Å². The molecule has 0 aliphatic rings. The minimum absolute atomic E-state index is 0.0986. The first-order valence-electron chi connectivity index (χ1n) is 7.20. The molecule has 0 aliphatic carbocycles. The molecule has 2 rings (SSSR count). The third-order valence-electron chi connectivity index (χ3n) is 3.78. The van der Waals surface area contributed by atoms with Crippen molar-refractivity contribution < 1.29 is 4.74 Å². The van der Waals surface area contributed by atoms with Crippen LogP contribution in [0.25, 0.3) is 0 Å². The van der Waals surface area contributed by atoms with E-state index in [1.54, 1.807) is 7.11 Å². The summed E-state index contributed by atoms with van der Waals surface area (Å²) in [6.45, 7) is 7.25. The summed E-state index contributed by atoms with van der Waals surface area (Å²) in [7, 11) is 1.68. The van der Waals surface area contributed by atoms with E-state index in [0.29, 0.717) is 5.02 Å². The lowest BCUT2D eigenvalue weighted by Gasteiger charge is -2.22. The Balaban J connectivity index is 2.50. The molecule has 0 saturated heterocycles. The quantitative estimate of drug-likeness (QED) is 0.867. The molecule has 0 saturated carbocycles. The zero-order valence-corrected chi connectivity index (χ0v) is 13.8. The third-order valence-corrected chi connectivity index (χ3v) is 4.01. The molecule has 2 aromatic rings. The van der Waals surface area contributed by atoms with Crippen LogP contribution in [0.5, 0.6) is 5.75 Å². The highest BCUT2D eigenvalue weighted by molar-refractivity contribution is 6.30. The SMILES string of the molecule is CCNC(c1ccc(C)c(C)c1)c1ccc(Cl)cc1OC. The second-order valence-corrected chi connectivity index (χ2v) is 5.66. The first kappa shape index (κ1) is 15.9. The maximum Gasteiger partial charge on any atom is 0.125 e. The van der Waals surface area contributed by atoms with Crippen LogP contribution in [-0.4, -0.2) is 13.7 Å². The van der Waals surface area contributed by atoms with Gasteiger partial charge in [-0.25, -0.2) is 0 Å². The van der Waals surface area contributed by atoms with Gasteiger partial charge in [0.15, 0.2) is 0 Å². The van der Waals surface area contributed by atoms with Gasteiger partial charge in [-0.2, -0.15) is 0 Å². The van der Waals surface area contributed by atoms with Crippen molar-refractivity contribution in [2.45, 2.75) is 26.8 Å². The highest BCUT2D eigenvalue weighted by Crippen LogP contribution is 2.32. The first-order valence-corrected chi connectivity index (χ1v) is 7.58. The number of hydrogen-bond acceptors (Lipinski definition) is 2. The summed E-state index contributed by atoms with van der Waals surface area (Å²) in [5.41, 5.74) is 4.94. The van der Waals surface area contributed by atoms with E-state index in [9.17, 15) is 0 Å². The van der Waals surface area contributed by atoms with Gasteiger partial charge < -0.3 is 10.1 Å². The predicted octanol–water partition coefficient (Wildman–Crippen LogP) is 4.66. The van der Waals surface area contributed by atoms with Gasteiger partial charge in [0.1, 0.15) is 5.75 Å². The molecule has 2 nitrogen and oxygen atoms in total. The maximum atomic E-state index is 6.07. The molecule has 0 spiro atoms. The van der Waals surface area contributed by atoms with Crippen molar-refractivity contribution in [3.8, 4) is 5.75 Å². The van der Waals surface area contributed by atoms with Gasteiger partial charge in [-0.05, 0) is 49.2 Å². The Bertz CT molecular complexity index is 625. The van der Waals surface area contributed by atoms with Crippen molar-refractivity contribution in [1.29, 1.82) is 0 Å². The van der Waals surface area contributed by atoms with Crippen molar-refractivity contribution in [1.82, 2.24) is 5.32 Å². The molecular weight excluding hydrogens is 282 g/mol. The minimum Gasteiger partial charge on any atom is -0.496 e. The molecule has 2 aromatic carbocycles. The van der Waals surface area contributed by atoms with Crippen molar-refractivity contribution in [2.75, 3.05) is 13.7 Å². The molecule has 1 unspecified atom stereocenters. The highest BCUT2D eigenvalue weighted by Gasteiger charge is 2.18. The average Bonchev–Trinajstić information content (AvgIpc) is 2.48. The van der Waals surface area contributed by atoms with Crippen LogP contribution in [0.1, 0.15) is 35.2 Å². The van der Waals surface area contributed by atoms with E-state index in [2.05, 4.69) is 44.3 Å². The summed E-state index contributed by atoms with van der Waals surface area (Å²) in [6.07, 6.45) is 0. The topological polar surface area (TPSA) is 21.3 Å². The van der Waals surface area contributed by atoms with E-state index in [1.165, 1.54) is 16.7 Å². The van der Waals surface area contributed by atoms with Gasteiger partial charge >= 0.3 is 0 Å². The molecule has 1 atom stereocenters. The lowest BCUT2D eigenvalue weighted by Crippen LogP contribution is -2.22. The van der Waals surface area contributed by atoms with Crippen LogP contribution in [0.2, 0.25) is 5.02 Å². The van der Waals surface area contributed by atoms with Gasteiger partial charge in [0, 0.05) is 10.6 Å². The number of ether oxygens (including phenoxy) is 1. The fraction of sp³-hybridized carbons (Fsp3) is 0.333. The Morgan fingerprint density at radius 3 is 2.48 bits per heavy atom. The van der Waals surface area contributed by atoms with Crippen LogP contribution in [0.3, 0.4) is 0 Å². The summed E-state index contributed by atoms with van der Waals surface area (Å²) < 4.78 is 5.50. The maximum absolute atomic E-state index is 6.07. The van der Waals surface area contributed by atoms with Crippen molar-refractivity contribution >= 4 is 11.6 Å². The molecular formula is C18H22ClNO. The van der Waals surface area contributed by atoms with E-state index in [4.69, 9.17) is 16.3 Å². The lowest BCUT2D eigenvalue weighted by atomic mass is 9.95. The smallest absolute Gasteiger partial charge is 0.125 e. The Labute approximate surface area is 132 Å². The fourth-order valence-electron chi connectivity index (χ4n) is 2.48. The monoisotopic (exact) mass is 303 g/mol. The van der Waals surface area contributed by atoms with Crippen molar-refractivity contribution in [3.63, 3.8) is 0 Å². The van der Waals surface area contributed by atoms with E-state index >= 15 is 0 Å². The minimum atomic E-state index is 0.0986. The summed E-state index contributed by atoms with van der Waals surface area (Å²) >= 11 is 6.07. The summed E-state index contributed by atoms with van der Waals surface area (Å²) in [6, 6.07) is 12.5. The number of nitrogens with one attached hydrogen (secondary N) is 1. The Morgan fingerprint density at radius 1 is 1.10 bits per heavy atom. The molecule has 0 aliphatic heterocycles. The third kappa shape index (κ3) is 3.58. The van der Waals surface area contributed by atoms with Crippen LogP contribution in [0, 0.1) is 13.8 Å². The molecule has 0 amide bonds. The van der Waals surface area contributed by atoms with E-state index < -0.39 is 0 Å². The lowest BCUT2D eigenvalue weighted by molar-refractivity contribution is 0.404. The van der Waals surface area contributed by atoms with E-state index in [-0.39, 0.29) is 6.04 Å². The molecule has 0 radical (unpaired) electrons. The summed E-state index contributed by atoms with van der Waals surface area (Å²) in [4.78, 5) is 0. The van der Waals surface area contributed by atoms with Crippen LogP contribution in [0.4, 0.5) is 0 Å². The Morgan fingerprint density at radius 2 is 1.86 bits per heavy atom. The fourth-order valence-corrected chi connectivity index (χ4v) is 2.64. The molecule has 0 aromatic heterocycles. The highest BCUT2D eigenvalue weighted by atomic mass is 35.5. The van der Waals surface area contributed by atoms with Crippen LogP contribution < -0.4 is 10.1 Å². The van der Waals surface area contributed by atoms with Crippen LogP contribution in [0.15, 0.2) is 36.4 Å². The van der Waals surface area contributed by atoms with Gasteiger partial charge in [0.2, 0.25) is 0 Å². The van der Waals surface area contributed by atoms with Crippen molar-refractivity contribution in [3.05, 3.63) is 63.7 Å². The molecule has 112 valence electrons. The number of rotatable bonds is 5. The normalized spacial score (nSPS) is 12.2. The number of benzene rings is 2. The second-order valence-electron chi connectivity index (χ2n) is 5.22. The molecule has 3 heteroatoms. The zero-order valence-electron chi connectivity index (χ0n) is 13.0. The molecule has 0 bridgehead atoms. The van der Waals surface area contributed by atoms with Gasteiger partial charge in [0.05, 0.1) is 13.2 Å². The van der Waals surface area contributed by atoms with Crippen LogP contribution >= 0.6 is 11.6 Å². The molecule has 0 heterocycles. The summed E-state index contributed by atoms with van der Waals surface area (Å²) in [5.74, 6) is 0.812. The largest absolute Gasteiger partial charge is 0.496 e. The van der Waals surface area contributed by atoms with Gasteiger partial charge in [0.25, 0.3) is 0 Å². The summed E-state index contributed by atoms with van der Waals surface area (Å²) in [5, 5.41) is 4.22. The molecule has 0 fully saturated rings. The van der Waals surface area contributed by atoms with Gasteiger partial charge in [-0.15, -0.1) is 0 Å². The predicted molar refractivity (Wildman–Crippen MR) is 89.4 cm³/mol. The first-order chi connectivity index (χ1) is 10.1. The van der Waals surface area contributed by atoms with E-state index in [0.717, 1.165) is 17.9 Å². The Hall–Kier alpha value is -1.51.